The molecule has 0 fully saturated rings. The summed E-state index contributed by atoms with van der Waals surface area (Å²) in [5.74, 6) is -1.31. The quantitative estimate of drug-likeness (QED) is 0.441. The lowest BCUT2D eigenvalue weighted by Gasteiger charge is -2.38. The zero-order valence-electron chi connectivity index (χ0n) is 12.8. The van der Waals surface area contributed by atoms with E-state index in [0.29, 0.717) is 0 Å². The first kappa shape index (κ1) is 17.9. The Morgan fingerprint density at radius 3 is 1.89 bits per heavy atom. The van der Waals surface area contributed by atoms with Crippen molar-refractivity contribution in [2.24, 2.45) is 0 Å². The molecule has 0 aliphatic carbocycles. The first-order valence-corrected chi connectivity index (χ1v) is 8.91. The Balaban J connectivity index is 5.26. The third-order valence-electron chi connectivity index (χ3n) is 3.40. The number of esters is 2. The van der Waals surface area contributed by atoms with E-state index in [1.807, 2.05) is 33.9 Å². The van der Waals surface area contributed by atoms with Crippen LogP contribution in [0.1, 0.15) is 20.8 Å². The number of carbonyl (C=O) groups excluding carboxylic acids is 2. The molecule has 0 amide bonds. The smallest absolute Gasteiger partial charge is 0.338 e. The zero-order chi connectivity index (χ0) is 15.4. The first-order valence-electron chi connectivity index (χ1n) is 6.00. The molecule has 19 heavy (non-hydrogen) atoms. The molecule has 0 rings (SSSR count). The second kappa shape index (κ2) is 6.34. The average Bonchev–Trinajstić information content (AvgIpc) is 2.31. The maximum absolute atomic E-state index is 11.8. The normalized spacial score (nSPS) is 13.6. The van der Waals surface area contributed by atoms with E-state index in [9.17, 15) is 9.59 Å². The first-order chi connectivity index (χ1) is 8.47. The van der Waals surface area contributed by atoms with Crippen LogP contribution in [0.25, 0.3) is 0 Å². The Hall–Kier alpha value is -1.14. The summed E-state index contributed by atoms with van der Waals surface area (Å²) in [7, 11) is 0.237. The molecule has 0 saturated heterocycles. The lowest BCUT2D eigenvalue weighted by atomic mass is 10.2. The minimum Gasteiger partial charge on any atom is -0.467 e. The van der Waals surface area contributed by atoms with Crippen molar-refractivity contribution >= 4 is 20.3 Å². The second-order valence-electron chi connectivity index (χ2n) is 5.80. The van der Waals surface area contributed by atoms with Crippen LogP contribution in [0.5, 0.6) is 0 Å². The van der Waals surface area contributed by atoms with Crippen LogP contribution in [0.3, 0.4) is 0 Å². The molecule has 0 aromatic rings. The van der Waals surface area contributed by atoms with Crippen LogP contribution in [0, 0.1) is 0 Å². The summed E-state index contributed by atoms with van der Waals surface area (Å²) < 4.78 is 15.2. The van der Waals surface area contributed by atoms with E-state index < -0.39 is 26.4 Å². The van der Waals surface area contributed by atoms with Crippen LogP contribution in [-0.4, -0.2) is 40.6 Å². The minimum absolute atomic E-state index is 0.0424. The summed E-state index contributed by atoms with van der Waals surface area (Å²) in [6.45, 7) is 13.7. The van der Waals surface area contributed by atoms with Gasteiger partial charge in [0.15, 0.2) is 14.4 Å². The summed E-state index contributed by atoms with van der Waals surface area (Å²) in [4.78, 5) is 23.3. The van der Waals surface area contributed by atoms with Crippen molar-refractivity contribution in [2.75, 3.05) is 14.2 Å². The number of ether oxygens (including phenoxy) is 2. The van der Waals surface area contributed by atoms with Crippen LogP contribution in [0.15, 0.2) is 12.2 Å². The highest BCUT2D eigenvalue weighted by Gasteiger charge is 2.43. The third kappa shape index (κ3) is 4.47. The maximum Gasteiger partial charge on any atom is 0.338 e. The van der Waals surface area contributed by atoms with Gasteiger partial charge in [0.25, 0.3) is 0 Å². The molecule has 0 aromatic heterocycles. The van der Waals surface area contributed by atoms with E-state index in [-0.39, 0.29) is 10.6 Å². The maximum atomic E-state index is 11.8. The zero-order valence-corrected chi connectivity index (χ0v) is 13.8. The van der Waals surface area contributed by atoms with Crippen molar-refractivity contribution in [1.29, 1.82) is 0 Å². The second-order valence-corrected chi connectivity index (χ2v) is 10.6. The monoisotopic (exact) mass is 288 g/mol. The molecule has 110 valence electrons. The summed E-state index contributed by atoms with van der Waals surface area (Å²) in [6.07, 6.45) is -1.11. The summed E-state index contributed by atoms with van der Waals surface area (Å²) in [5.41, 5.74) is -0.0424. The van der Waals surface area contributed by atoms with Crippen molar-refractivity contribution in [3.05, 3.63) is 12.2 Å². The lowest BCUT2D eigenvalue weighted by molar-refractivity contribution is -0.150. The van der Waals surface area contributed by atoms with E-state index >= 15 is 0 Å². The van der Waals surface area contributed by atoms with Crippen molar-refractivity contribution in [2.45, 2.75) is 45.0 Å². The van der Waals surface area contributed by atoms with Crippen molar-refractivity contribution in [1.82, 2.24) is 0 Å². The molecule has 1 atom stereocenters. The topological polar surface area (TPSA) is 61.8 Å². The summed E-state index contributed by atoms with van der Waals surface area (Å²) in [5, 5.41) is -0.102. The molecule has 0 unspecified atom stereocenters. The van der Waals surface area contributed by atoms with Gasteiger partial charge in [0.1, 0.15) is 0 Å². The van der Waals surface area contributed by atoms with E-state index in [0.717, 1.165) is 0 Å². The molecule has 5 nitrogen and oxygen atoms in total. The largest absolute Gasteiger partial charge is 0.467 e. The molecular weight excluding hydrogens is 264 g/mol. The fraction of sp³-hybridized carbons (Fsp3) is 0.692. The average molecular weight is 288 g/mol. The molecule has 0 heterocycles. The number of carbonyl (C=O) groups is 2. The third-order valence-corrected chi connectivity index (χ3v) is 7.84. The van der Waals surface area contributed by atoms with Gasteiger partial charge in [-0.1, -0.05) is 27.4 Å². The van der Waals surface area contributed by atoms with Gasteiger partial charge in [0.2, 0.25) is 0 Å². The number of hydrogen-bond acceptors (Lipinski definition) is 5. The Morgan fingerprint density at radius 2 is 1.58 bits per heavy atom. The van der Waals surface area contributed by atoms with Gasteiger partial charge in [0, 0.05) is 0 Å². The minimum atomic E-state index is -2.24. The highest BCUT2D eigenvalue weighted by Crippen LogP contribution is 2.38. The van der Waals surface area contributed by atoms with Crippen molar-refractivity contribution in [3.8, 4) is 0 Å². The van der Waals surface area contributed by atoms with E-state index in [2.05, 4.69) is 16.1 Å². The van der Waals surface area contributed by atoms with Crippen LogP contribution in [0.4, 0.5) is 0 Å². The van der Waals surface area contributed by atoms with Crippen molar-refractivity contribution < 1.29 is 23.5 Å². The van der Waals surface area contributed by atoms with Crippen LogP contribution >= 0.6 is 0 Å². The van der Waals surface area contributed by atoms with Gasteiger partial charge in [-0.2, -0.15) is 0 Å². The van der Waals surface area contributed by atoms with Crippen LogP contribution < -0.4 is 0 Å². The van der Waals surface area contributed by atoms with Gasteiger partial charge in [-0.25, -0.2) is 9.59 Å². The molecule has 6 heteroatoms. The molecular formula is C13H24O5Si. The fourth-order valence-electron chi connectivity index (χ4n) is 1.08. The summed E-state index contributed by atoms with van der Waals surface area (Å²) >= 11 is 0. The van der Waals surface area contributed by atoms with Gasteiger partial charge in [-0.05, 0) is 18.1 Å². The molecule has 0 aliphatic rings. The molecule has 0 bridgehead atoms. The molecule has 0 N–H and O–H groups in total. The highest BCUT2D eigenvalue weighted by molar-refractivity contribution is 6.74. The highest BCUT2D eigenvalue weighted by atomic mass is 28.4. The summed E-state index contributed by atoms with van der Waals surface area (Å²) in [6, 6.07) is 0. The SMILES string of the molecule is C=C(C(=O)OC)[C@@H](O[Si](C)(C)C(C)(C)C)C(=O)OC. The molecule has 0 radical (unpaired) electrons. The predicted octanol–water partition coefficient (Wildman–Crippen LogP) is 2.28. The fourth-order valence-corrected chi connectivity index (χ4v) is 2.26. The van der Waals surface area contributed by atoms with Gasteiger partial charge < -0.3 is 13.9 Å². The Morgan fingerprint density at radius 1 is 1.11 bits per heavy atom. The van der Waals surface area contributed by atoms with E-state index in [1.54, 1.807) is 0 Å². The van der Waals surface area contributed by atoms with Gasteiger partial charge in [0.05, 0.1) is 19.8 Å². The molecule has 0 aliphatic heterocycles. The molecule has 0 aromatic carbocycles. The predicted molar refractivity (Wildman–Crippen MR) is 75.2 cm³/mol. The van der Waals surface area contributed by atoms with Crippen LogP contribution in [0.2, 0.25) is 18.1 Å². The Labute approximate surface area is 116 Å². The molecule has 0 saturated carbocycles. The molecule has 0 spiro atoms. The Kier molecular flexibility index (Phi) is 5.96. The van der Waals surface area contributed by atoms with E-state index in [4.69, 9.17) is 4.43 Å². The standard InChI is InChI=1S/C13H24O5Si/c1-9(11(14)16-5)10(12(15)17-6)18-19(7,8)13(2,3)4/h10H,1H2,2-8H3/t10-/m1/s1. The van der Waals surface area contributed by atoms with Gasteiger partial charge in [-0.15, -0.1) is 0 Å². The lowest BCUT2D eigenvalue weighted by Crippen LogP contribution is -2.47. The van der Waals surface area contributed by atoms with Crippen molar-refractivity contribution in [3.63, 3.8) is 0 Å². The number of hydrogen-bond donors (Lipinski definition) is 0. The Bertz CT molecular complexity index is 368. The van der Waals surface area contributed by atoms with E-state index in [1.165, 1.54) is 14.2 Å². The van der Waals surface area contributed by atoms with Crippen LogP contribution in [-0.2, 0) is 23.5 Å². The van der Waals surface area contributed by atoms with Gasteiger partial charge in [-0.3, -0.25) is 0 Å². The number of methoxy groups -OCH3 is 2. The van der Waals surface area contributed by atoms with Gasteiger partial charge >= 0.3 is 11.9 Å². The number of rotatable bonds is 5.